The van der Waals surface area contributed by atoms with Gasteiger partial charge in [-0.15, -0.1) is 0 Å². The highest BCUT2D eigenvalue weighted by molar-refractivity contribution is 9.10. The summed E-state index contributed by atoms with van der Waals surface area (Å²) in [5.74, 6) is -1.16. The van der Waals surface area contributed by atoms with Crippen molar-refractivity contribution in [3.63, 3.8) is 0 Å². The van der Waals surface area contributed by atoms with Gasteiger partial charge >= 0.3 is 0 Å². The zero-order valence-electron chi connectivity index (χ0n) is 11.0. The maximum Gasteiger partial charge on any atom is 0.184 e. The number of benzene rings is 2. The SMILES string of the molecule is Cc1cc(C(=O)C(C#N)c2ccc(Cl)c(Cl)c2)ccc1Br. The average molecular weight is 383 g/mol. The van der Waals surface area contributed by atoms with E-state index in [1.54, 1.807) is 36.4 Å². The fraction of sp³-hybridized carbons (Fsp3) is 0.125. The van der Waals surface area contributed by atoms with Gasteiger partial charge in [0, 0.05) is 10.0 Å². The van der Waals surface area contributed by atoms with Crippen molar-refractivity contribution in [2.75, 3.05) is 0 Å². The Morgan fingerprint density at radius 1 is 1.19 bits per heavy atom. The molecule has 0 amide bonds. The van der Waals surface area contributed by atoms with Crippen molar-refractivity contribution in [2.45, 2.75) is 12.8 Å². The van der Waals surface area contributed by atoms with Gasteiger partial charge in [-0.05, 0) is 42.3 Å². The van der Waals surface area contributed by atoms with Gasteiger partial charge in [0.05, 0.1) is 16.1 Å². The maximum absolute atomic E-state index is 12.5. The molecule has 0 aliphatic rings. The number of halogens is 3. The number of aryl methyl sites for hydroxylation is 1. The normalized spacial score (nSPS) is 11.8. The van der Waals surface area contributed by atoms with E-state index >= 15 is 0 Å². The quantitative estimate of drug-likeness (QED) is 0.652. The number of hydrogen-bond acceptors (Lipinski definition) is 2. The van der Waals surface area contributed by atoms with E-state index in [-0.39, 0.29) is 5.78 Å². The second kappa shape index (κ2) is 6.62. The van der Waals surface area contributed by atoms with Crippen LogP contribution < -0.4 is 0 Å². The van der Waals surface area contributed by atoms with E-state index in [0.29, 0.717) is 21.2 Å². The van der Waals surface area contributed by atoms with Crippen LogP contribution in [0, 0.1) is 18.3 Å². The summed E-state index contributed by atoms with van der Waals surface area (Å²) in [5, 5.41) is 10.1. The maximum atomic E-state index is 12.5. The predicted molar refractivity (Wildman–Crippen MR) is 88.0 cm³/mol. The molecule has 2 nitrogen and oxygen atoms in total. The minimum absolute atomic E-state index is 0.258. The molecule has 0 N–H and O–H groups in total. The highest BCUT2D eigenvalue weighted by atomic mass is 79.9. The molecular weight excluding hydrogens is 373 g/mol. The van der Waals surface area contributed by atoms with E-state index in [1.807, 2.05) is 13.0 Å². The Bertz CT molecular complexity index is 752. The van der Waals surface area contributed by atoms with Crippen LogP contribution in [0.2, 0.25) is 10.0 Å². The van der Waals surface area contributed by atoms with Gasteiger partial charge in [-0.1, -0.05) is 51.3 Å². The van der Waals surface area contributed by atoms with Crippen LogP contribution in [-0.4, -0.2) is 5.78 Å². The molecule has 2 rings (SSSR count). The lowest BCUT2D eigenvalue weighted by atomic mass is 9.91. The Hall–Kier alpha value is -1.34. The van der Waals surface area contributed by atoms with Crippen LogP contribution in [0.15, 0.2) is 40.9 Å². The first-order valence-corrected chi connectivity index (χ1v) is 7.64. The molecule has 2 aromatic carbocycles. The minimum Gasteiger partial charge on any atom is -0.292 e. The lowest BCUT2D eigenvalue weighted by Crippen LogP contribution is -2.11. The van der Waals surface area contributed by atoms with Crippen LogP contribution in [0.25, 0.3) is 0 Å². The first-order valence-electron chi connectivity index (χ1n) is 6.09. The minimum atomic E-state index is -0.902. The monoisotopic (exact) mass is 381 g/mol. The van der Waals surface area contributed by atoms with Crippen molar-refractivity contribution in [1.29, 1.82) is 5.26 Å². The van der Waals surface area contributed by atoms with Crippen molar-refractivity contribution >= 4 is 44.9 Å². The average Bonchev–Trinajstić information content (AvgIpc) is 2.46. The van der Waals surface area contributed by atoms with Crippen molar-refractivity contribution in [3.8, 4) is 6.07 Å². The van der Waals surface area contributed by atoms with Crippen LogP contribution in [0.5, 0.6) is 0 Å². The van der Waals surface area contributed by atoms with E-state index in [1.165, 1.54) is 0 Å². The molecule has 0 aliphatic heterocycles. The molecule has 0 saturated heterocycles. The summed E-state index contributed by atoms with van der Waals surface area (Å²) in [4.78, 5) is 12.5. The summed E-state index contributed by atoms with van der Waals surface area (Å²) < 4.78 is 0.919. The molecule has 0 spiro atoms. The summed E-state index contributed by atoms with van der Waals surface area (Å²) in [6.45, 7) is 1.89. The Kier molecular flexibility index (Phi) is 5.05. The Labute approximate surface area is 141 Å². The highest BCUT2D eigenvalue weighted by Crippen LogP contribution is 2.29. The molecule has 5 heteroatoms. The molecule has 0 fully saturated rings. The third-order valence-corrected chi connectivity index (χ3v) is 4.74. The summed E-state index contributed by atoms with van der Waals surface area (Å²) in [6, 6.07) is 12.1. The standard InChI is InChI=1S/C16H10BrCl2NO/c1-9-6-11(2-4-13(9)17)16(21)12(8-20)10-3-5-14(18)15(19)7-10/h2-7,12H,1H3. The fourth-order valence-electron chi connectivity index (χ4n) is 1.94. The molecule has 106 valence electrons. The van der Waals surface area contributed by atoms with Gasteiger partial charge in [-0.3, -0.25) is 4.79 Å². The second-order valence-corrected chi connectivity index (χ2v) is 6.23. The van der Waals surface area contributed by atoms with E-state index < -0.39 is 5.92 Å². The number of carbonyl (C=O) groups excluding carboxylic acids is 1. The molecule has 0 aromatic heterocycles. The molecule has 0 aliphatic carbocycles. The highest BCUT2D eigenvalue weighted by Gasteiger charge is 2.22. The molecule has 0 radical (unpaired) electrons. The van der Waals surface area contributed by atoms with Crippen LogP contribution in [0.1, 0.15) is 27.4 Å². The number of hydrogen-bond donors (Lipinski definition) is 0. The summed E-state index contributed by atoms with van der Waals surface area (Å²) in [5.41, 5.74) is 1.97. The summed E-state index contributed by atoms with van der Waals surface area (Å²) in [7, 11) is 0. The smallest absolute Gasteiger partial charge is 0.184 e. The van der Waals surface area contributed by atoms with Crippen molar-refractivity contribution in [2.24, 2.45) is 0 Å². The van der Waals surface area contributed by atoms with Gasteiger partial charge in [0.15, 0.2) is 5.78 Å². The number of carbonyl (C=O) groups is 1. The summed E-state index contributed by atoms with van der Waals surface area (Å²) >= 11 is 15.2. The molecule has 0 bridgehead atoms. The Balaban J connectivity index is 2.41. The molecule has 1 unspecified atom stereocenters. The second-order valence-electron chi connectivity index (χ2n) is 4.56. The van der Waals surface area contributed by atoms with Crippen molar-refractivity contribution in [3.05, 3.63) is 67.6 Å². The van der Waals surface area contributed by atoms with Gasteiger partial charge in [-0.2, -0.15) is 5.26 Å². The van der Waals surface area contributed by atoms with E-state index in [0.717, 1.165) is 10.0 Å². The van der Waals surface area contributed by atoms with Gasteiger partial charge in [0.1, 0.15) is 5.92 Å². The third kappa shape index (κ3) is 3.47. The topological polar surface area (TPSA) is 40.9 Å². The molecule has 0 heterocycles. The Morgan fingerprint density at radius 2 is 1.90 bits per heavy atom. The first-order chi connectivity index (χ1) is 9.93. The molecule has 2 aromatic rings. The zero-order chi connectivity index (χ0) is 15.6. The molecule has 0 saturated carbocycles. The van der Waals surface area contributed by atoms with Crippen LogP contribution in [-0.2, 0) is 0 Å². The van der Waals surface area contributed by atoms with Gasteiger partial charge in [0.2, 0.25) is 0 Å². The molecular formula is C16H10BrCl2NO. The fourth-order valence-corrected chi connectivity index (χ4v) is 2.49. The van der Waals surface area contributed by atoms with E-state index in [9.17, 15) is 10.1 Å². The Morgan fingerprint density at radius 3 is 2.48 bits per heavy atom. The largest absolute Gasteiger partial charge is 0.292 e. The lowest BCUT2D eigenvalue weighted by molar-refractivity contribution is 0.0979. The number of nitrogens with zero attached hydrogens (tertiary/aromatic N) is 1. The summed E-state index contributed by atoms with van der Waals surface area (Å²) in [6.07, 6.45) is 0. The van der Waals surface area contributed by atoms with Crippen molar-refractivity contribution in [1.82, 2.24) is 0 Å². The van der Waals surface area contributed by atoms with Gasteiger partial charge in [0.25, 0.3) is 0 Å². The number of nitriles is 1. The van der Waals surface area contributed by atoms with Gasteiger partial charge in [-0.25, -0.2) is 0 Å². The molecule has 21 heavy (non-hydrogen) atoms. The predicted octanol–water partition coefficient (Wildman–Crippen LogP) is 5.55. The number of ketones is 1. The van der Waals surface area contributed by atoms with Gasteiger partial charge < -0.3 is 0 Å². The van der Waals surface area contributed by atoms with E-state index in [4.69, 9.17) is 23.2 Å². The molecule has 1 atom stereocenters. The van der Waals surface area contributed by atoms with Crippen LogP contribution in [0.3, 0.4) is 0 Å². The van der Waals surface area contributed by atoms with Crippen LogP contribution in [0.4, 0.5) is 0 Å². The van der Waals surface area contributed by atoms with Crippen molar-refractivity contribution < 1.29 is 4.79 Å². The van der Waals surface area contributed by atoms with Crippen LogP contribution >= 0.6 is 39.1 Å². The third-order valence-electron chi connectivity index (χ3n) is 3.11. The number of rotatable bonds is 3. The first kappa shape index (κ1) is 16.0. The number of Topliss-reactive ketones (excluding diaryl/α,β-unsaturated/α-hetero) is 1. The van der Waals surface area contributed by atoms with E-state index in [2.05, 4.69) is 15.9 Å². The lowest BCUT2D eigenvalue weighted by Gasteiger charge is -2.10. The zero-order valence-corrected chi connectivity index (χ0v) is 14.1.